The number of aryl methyl sites for hydroxylation is 1. The molecule has 0 aliphatic carbocycles. The number of ether oxygens (including phenoxy) is 1. The number of hydrogen-bond donors (Lipinski definition) is 1. The molecule has 0 aromatic heterocycles. The van der Waals surface area contributed by atoms with Gasteiger partial charge in [-0.3, -0.25) is 4.79 Å². The maximum absolute atomic E-state index is 10.5. The highest BCUT2D eigenvalue weighted by Gasteiger charge is 2.07. The summed E-state index contributed by atoms with van der Waals surface area (Å²) in [4.78, 5) is 10.5. The Morgan fingerprint density at radius 1 is 1.50 bits per heavy atom. The van der Waals surface area contributed by atoms with Gasteiger partial charge >= 0.3 is 5.97 Å². The van der Waals surface area contributed by atoms with Crippen LogP contribution in [-0.2, 0) is 11.2 Å². The molecule has 1 N–H and O–H groups in total. The summed E-state index contributed by atoms with van der Waals surface area (Å²) in [7, 11) is 0. The summed E-state index contributed by atoms with van der Waals surface area (Å²) in [5.41, 5.74) is 0.850. The molecule has 0 aliphatic heterocycles. The molecule has 0 radical (unpaired) electrons. The maximum Gasteiger partial charge on any atom is 0.303 e. The van der Waals surface area contributed by atoms with Gasteiger partial charge in [0.05, 0.1) is 6.61 Å². The average molecular weight is 243 g/mol. The Balaban J connectivity index is 2.76. The van der Waals surface area contributed by atoms with Crippen LogP contribution in [0.1, 0.15) is 25.3 Å². The zero-order chi connectivity index (χ0) is 12.0. The molecule has 1 aromatic rings. The number of rotatable bonds is 6. The van der Waals surface area contributed by atoms with Gasteiger partial charge in [-0.25, -0.2) is 0 Å². The van der Waals surface area contributed by atoms with Crippen LogP contribution in [0.4, 0.5) is 0 Å². The number of aliphatic carboxylic acids is 1. The molecule has 0 aliphatic rings. The van der Waals surface area contributed by atoms with Crippen molar-refractivity contribution < 1.29 is 14.6 Å². The zero-order valence-electron chi connectivity index (χ0n) is 9.20. The van der Waals surface area contributed by atoms with Gasteiger partial charge in [0.15, 0.2) is 0 Å². The minimum atomic E-state index is -0.818. The van der Waals surface area contributed by atoms with Crippen LogP contribution >= 0.6 is 11.6 Å². The summed E-state index contributed by atoms with van der Waals surface area (Å²) in [5.74, 6) is -0.0890. The minimum absolute atomic E-state index is 0.0861. The van der Waals surface area contributed by atoms with Crippen molar-refractivity contribution in [1.29, 1.82) is 0 Å². The molecule has 0 fully saturated rings. The molecule has 16 heavy (non-hydrogen) atoms. The van der Waals surface area contributed by atoms with Crippen molar-refractivity contribution in [1.82, 2.24) is 0 Å². The van der Waals surface area contributed by atoms with E-state index in [1.807, 2.05) is 6.92 Å². The zero-order valence-corrected chi connectivity index (χ0v) is 9.96. The molecule has 88 valence electrons. The Morgan fingerprint density at radius 3 is 2.88 bits per heavy atom. The van der Waals surface area contributed by atoms with E-state index >= 15 is 0 Å². The molecule has 1 aromatic carbocycles. The molecule has 0 amide bonds. The molecular formula is C12H15ClO3. The summed E-state index contributed by atoms with van der Waals surface area (Å²) >= 11 is 5.86. The second kappa shape index (κ2) is 6.38. The normalized spacial score (nSPS) is 10.1. The Labute approximate surface area is 100.0 Å². The smallest absolute Gasteiger partial charge is 0.303 e. The predicted octanol–water partition coefficient (Wildman–Crippen LogP) is 3.15. The lowest BCUT2D eigenvalue weighted by Crippen LogP contribution is -2.02. The Hall–Kier alpha value is -1.22. The molecule has 0 bridgehead atoms. The van der Waals surface area contributed by atoms with E-state index in [1.54, 1.807) is 18.2 Å². The highest BCUT2D eigenvalue weighted by molar-refractivity contribution is 6.30. The fourth-order valence-corrected chi connectivity index (χ4v) is 1.53. The average Bonchev–Trinajstić information content (AvgIpc) is 2.25. The molecule has 0 atom stereocenters. The van der Waals surface area contributed by atoms with Crippen molar-refractivity contribution in [3.05, 3.63) is 28.8 Å². The van der Waals surface area contributed by atoms with Gasteiger partial charge in [0.1, 0.15) is 5.75 Å². The van der Waals surface area contributed by atoms with Crippen molar-refractivity contribution in [2.75, 3.05) is 6.61 Å². The standard InChI is InChI=1S/C12H15ClO3/c1-2-7-16-11-5-4-10(13)8-9(11)3-6-12(14)15/h4-5,8H,2-3,6-7H2,1H3,(H,14,15). The van der Waals surface area contributed by atoms with Gasteiger partial charge in [-0.1, -0.05) is 18.5 Å². The van der Waals surface area contributed by atoms with Crippen molar-refractivity contribution in [3.8, 4) is 5.75 Å². The van der Waals surface area contributed by atoms with E-state index in [0.29, 0.717) is 18.1 Å². The highest BCUT2D eigenvalue weighted by atomic mass is 35.5. The first kappa shape index (κ1) is 12.8. The summed E-state index contributed by atoms with van der Waals surface area (Å²) in [5, 5.41) is 9.24. The van der Waals surface area contributed by atoms with E-state index in [4.69, 9.17) is 21.4 Å². The molecule has 1 rings (SSSR count). The lowest BCUT2D eigenvalue weighted by Gasteiger charge is -2.10. The molecule has 0 unspecified atom stereocenters. The molecule has 3 nitrogen and oxygen atoms in total. The Bertz CT molecular complexity index is 363. The van der Waals surface area contributed by atoms with Gasteiger partial charge in [0.2, 0.25) is 0 Å². The summed E-state index contributed by atoms with van der Waals surface area (Å²) < 4.78 is 5.52. The van der Waals surface area contributed by atoms with Crippen LogP contribution in [0.5, 0.6) is 5.75 Å². The third-order valence-corrected chi connectivity index (χ3v) is 2.33. The summed E-state index contributed by atoms with van der Waals surface area (Å²) in [6.07, 6.45) is 1.44. The van der Waals surface area contributed by atoms with E-state index in [2.05, 4.69) is 0 Å². The number of benzene rings is 1. The molecule has 0 heterocycles. The minimum Gasteiger partial charge on any atom is -0.493 e. The summed E-state index contributed by atoms with van der Waals surface area (Å²) in [6.45, 7) is 2.65. The van der Waals surface area contributed by atoms with E-state index < -0.39 is 5.97 Å². The van der Waals surface area contributed by atoms with Gasteiger partial charge in [-0.2, -0.15) is 0 Å². The van der Waals surface area contributed by atoms with Crippen LogP contribution in [0, 0.1) is 0 Å². The fraction of sp³-hybridized carbons (Fsp3) is 0.417. The van der Waals surface area contributed by atoms with Crippen LogP contribution in [0.3, 0.4) is 0 Å². The first-order valence-corrected chi connectivity index (χ1v) is 5.64. The van der Waals surface area contributed by atoms with E-state index in [-0.39, 0.29) is 6.42 Å². The van der Waals surface area contributed by atoms with Crippen molar-refractivity contribution in [2.24, 2.45) is 0 Å². The second-order valence-electron chi connectivity index (χ2n) is 3.49. The van der Waals surface area contributed by atoms with Crippen molar-refractivity contribution in [3.63, 3.8) is 0 Å². The summed E-state index contributed by atoms with van der Waals surface area (Å²) in [6, 6.07) is 5.29. The number of halogens is 1. The van der Waals surface area contributed by atoms with Gasteiger partial charge in [-0.05, 0) is 36.6 Å². The van der Waals surface area contributed by atoms with Crippen molar-refractivity contribution >= 4 is 17.6 Å². The predicted molar refractivity (Wildman–Crippen MR) is 63.2 cm³/mol. The molecule has 0 saturated heterocycles. The first-order valence-electron chi connectivity index (χ1n) is 5.26. The lowest BCUT2D eigenvalue weighted by atomic mass is 10.1. The fourth-order valence-electron chi connectivity index (χ4n) is 1.34. The van der Waals surface area contributed by atoms with Crippen LogP contribution in [0.2, 0.25) is 5.02 Å². The topological polar surface area (TPSA) is 46.5 Å². The third kappa shape index (κ3) is 4.11. The molecule has 4 heteroatoms. The SMILES string of the molecule is CCCOc1ccc(Cl)cc1CCC(=O)O. The van der Waals surface area contributed by atoms with E-state index in [1.165, 1.54) is 0 Å². The largest absolute Gasteiger partial charge is 0.493 e. The van der Waals surface area contributed by atoms with Gasteiger partial charge in [0.25, 0.3) is 0 Å². The van der Waals surface area contributed by atoms with Crippen LogP contribution in [0.25, 0.3) is 0 Å². The van der Waals surface area contributed by atoms with Gasteiger partial charge < -0.3 is 9.84 Å². The highest BCUT2D eigenvalue weighted by Crippen LogP contribution is 2.24. The maximum atomic E-state index is 10.5. The first-order chi connectivity index (χ1) is 7.63. The van der Waals surface area contributed by atoms with Gasteiger partial charge in [-0.15, -0.1) is 0 Å². The molecule has 0 saturated carbocycles. The third-order valence-electron chi connectivity index (χ3n) is 2.09. The van der Waals surface area contributed by atoms with Crippen molar-refractivity contribution in [2.45, 2.75) is 26.2 Å². The number of carbonyl (C=O) groups is 1. The number of carboxylic acid groups (broad SMARTS) is 1. The van der Waals surface area contributed by atoms with Crippen LogP contribution in [0.15, 0.2) is 18.2 Å². The lowest BCUT2D eigenvalue weighted by molar-refractivity contribution is -0.136. The number of carboxylic acids is 1. The van der Waals surface area contributed by atoms with Crippen LogP contribution < -0.4 is 4.74 Å². The second-order valence-corrected chi connectivity index (χ2v) is 3.93. The van der Waals surface area contributed by atoms with E-state index in [0.717, 1.165) is 17.7 Å². The molecular weight excluding hydrogens is 228 g/mol. The quantitative estimate of drug-likeness (QED) is 0.834. The van der Waals surface area contributed by atoms with Gasteiger partial charge in [0, 0.05) is 11.4 Å². The monoisotopic (exact) mass is 242 g/mol. The van der Waals surface area contributed by atoms with Crippen LogP contribution in [-0.4, -0.2) is 17.7 Å². The Kier molecular flexibility index (Phi) is 5.12. The van der Waals surface area contributed by atoms with E-state index in [9.17, 15) is 4.79 Å². The Morgan fingerprint density at radius 2 is 2.25 bits per heavy atom. The molecule has 0 spiro atoms. The number of hydrogen-bond acceptors (Lipinski definition) is 2.